The number of aliphatic hydroxyl groups is 1. The second-order valence-electron chi connectivity index (χ2n) is 4.12. The van der Waals surface area contributed by atoms with Crippen molar-refractivity contribution in [1.29, 1.82) is 0 Å². The summed E-state index contributed by atoms with van der Waals surface area (Å²) in [6.07, 6.45) is -2.06. The van der Waals surface area contributed by atoms with E-state index in [2.05, 4.69) is 4.74 Å². The average Bonchev–Trinajstić information content (AvgIpc) is 2.46. The van der Waals surface area contributed by atoms with Gasteiger partial charge in [0.25, 0.3) is 0 Å². The largest absolute Gasteiger partial charge is 0.497 e. The highest BCUT2D eigenvalue weighted by Crippen LogP contribution is 2.32. The molecule has 4 nitrogen and oxygen atoms in total. The number of hydrogen-bond donors (Lipinski definition) is 1. The first-order valence-electron chi connectivity index (χ1n) is 6.17. The molecule has 0 aromatic heterocycles. The highest BCUT2D eigenvalue weighted by molar-refractivity contribution is 5.76. The highest BCUT2D eigenvalue weighted by Gasteiger charge is 2.43. The second kappa shape index (κ2) is 6.52. The maximum Gasteiger partial charge on any atom is 0.344 e. The summed E-state index contributed by atoms with van der Waals surface area (Å²) >= 11 is 0. The number of methoxy groups -OCH3 is 1. The Labute approximate surface area is 112 Å². The number of benzene rings is 1. The molecule has 0 saturated carbocycles. The molecule has 0 aliphatic rings. The normalized spacial score (nSPS) is 15.4. The predicted octanol–water partition coefficient (Wildman–Crippen LogP) is 2.19. The lowest BCUT2D eigenvalue weighted by Crippen LogP contribution is -2.42. The van der Waals surface area contributed by atoms with Crippen LogP contribution in [-0.4, -0.2) is 31.0 Å². The van der Waals surface area contributed by atoms with Gasteiger partial charge in [-0.05, 0) is 31.0 Å². The third-order valence-corrected chi connectivity index (χ3v) is 3.04. The molecule has 0 aliphatic heterocycles. The summed E-state index contributed by atoms with van der Waals surface area (Å²) in [5.74, 6) is -0.462. The Morgan fingerprint density at radius 3 is 2.37 bits per heavy atom. The predicted molar refractivity (Wildman–Crippen MR) is 68.7 cm³/mol. The third kappa shape index (κ3) is 3.23. The molecule has 106 valence electrons. The molecule has 2 atom stereocenters. The van der Waals surface area contributed by atoms with Crippen molar-refractivity contribution < 1.29 is 23.8 Å². The molecule has 0 radical (unpaired) electrons. The molecule has 0 bridgehead atoms. The average molecular weight is 270 g/mol. The van der Waals surface area contributed by atoms with Crippen LogP contribution in [0.1, 0.15) is 25.8 Å². The second-order valence-corrected chi connectivity index (χ2v) is 4.12. The van der Waals surface area contributed by atoms with Gasteiger partial charge in [0.2, 0.25) is 6.17 Å². The molecule has 19 heavy (non-hydrogen) atoms. The van der Waals surface area contributed by atoms with Crippen molar-refractivity contribution in [2.45, 2.75) is 32.0 Å². The van der Waals surface area contributed by atoms with Crippen LogP contribution >= 0.6 is 0 Å². The van der Waals surface area contributed by atoms with Crippen molar-refractivity contribution in [3.63, 3.8) is 0 Å². The van der Waals surface area contributed by atoms with Crippen LogP contribution in [0.5, 0.6) is 5.75 Å². The minimum atomic E-state index is -2.12. The van der Waals surface area contributed by atoms with Gasteiger partial charge in [-0.15, -0.1) is 0 Å². The van der Waals surface area contributed by atoms with Crippen molar-refractivity contribution in [2.24, 2.45) is 0 Å². The van der Waals surface area contributed by atoms with E-state index in [-0.39, 0.29) is 13.0 Å². The minimum absolute atomic E-state index is 0.0549. The van der Waals surface area contributed by atoms with Gasteiger partial charge in [0.15, 0.2) is 0 Å². The van der Waals surface area contributed by atoms with Gasteiger partial charge in [-0.2, -0.15) is 0 Å². The van der Waals surface area contributed by atoms with Gasteiger partial charge in [-0.1, -0.05) is 19.1 Å². The van der Waals surface area contributed by atoms with E-state index in [1.807, 2.05) is 0 Å². The van der Waals surface area contributed by atoms with Gasteiger partial charge in [0.05, 0.1) is 13.7 Å². The first-order chi connectivity index (χ1) is 8.99. The highest BCUT2D eigenvalue weighted by atomic mass is 19.1. The number of ether oxygens (including phenoxy) is 2. The molecule has 2 unspecified atom stereocenters. The van der Waals surface area contributed by atoms with Gasteiger partial charge in [0.1, 0.15) is 11.4 Å². The van der Waals surface area contributed by atoms with Crippen LogP contribution in [0.2, 0.25) is 0 Å². The SMILES string of the molecule is CCOC(=O)C(F)C(O)(CC)c1ccc(OC)cc1. The standard InChI is InChI=1S/C14H19FO4/c1-4-14(17,12(15)13(16)19-5-2)10-6-8-11(18-3)9-7-10/h6-9,12,17H,4-5H2,1-3H3. The number of alkyl halides is 1. The molecular weight excluding hydrogens is 251 g/mol. The first-order valence-corrected chi connectivity index (χ1v) is 6.17. The van der Waals surface area contributed by atoms with Crippen LogP contribution in [-0.2, 0) is 15.1 Å². The molecule has 0 heterocycles. The number of esters is 1. The van der Waals surface area contributed by atoms with Gasteiger partial charge < -0.3 is 14.6 Å². The topological polar surface area (TPSA) is 55.8 Å². The van der Waals surface area contributed by atoms with Crippen molar-refractivity contribution in [2.75, 3.05) is 13.7 Å². The summed E-state index contributed by atoms with van der Waals surface area (Å²) in [5, 5.41) is 10.4. The van der Waals surface area contributed by atoms with Crippen molar-refractivity contribution in [3.05, 3.63) is 29.8 Å². The summed E-state index contributed by atoms with van der Waals surface area (Å²) < 4.78 is 23.8. The maximum atomic E-state index is 14.1. The zero-order valence-corrected chi connectivity index (χ0v) is 11.4. The Kier molecular flexibility index (Phi) is 5.30. The van der Waals surface area contributed by atoms with E-state index in [9.17, 15) is 14.3 Å². The Morgan fingerprint density at radius 1 is 1.37 bits per heavy atom. The smallest absolute Gasteiger partial charge is 0.344 e. The van der Waals surface area contributed by atoms with E-state index in [0.29, 0.717) is 11.3 Å². The summed E-state index contributed by atoms with van der Waals surface area (Å²) in [7, 11) is 1.51. The van der Waals surface area contributed by atoms with Crippen LogP contribution in [0.3, 0.4) is 0 Å². The zero-order chi connectivity index (χ0) is 14.5. The number of hydrogen-bond acceptors (Lipinski definition) is 4. The number of carbonyl (C=O) groups is 1. The lowest BCUT2D eigenvalue weighted by atomic mass is 9.86. The van der Waals surface area contributed by atoms with Crippen LogP contribution in [0.4, 0.5) is 4.39 Å². The Hall–Kier alpha value is -1.62. The van der Waals surface area contributed by atoms with E-state index in [4.69, 9.17) is 4.74 Å². The third-order valence-electron chi connectivity index (χ3n) is 3.04. The fourth-order valence-corrected chi connectivity index (χ4v) is 1.82. The molecule has 0 fully saturated rings. The van der Waals surface area contributed by atoms with E-state index >= 15 is 0 Å². The molecule has 0 aliphatic carbocycles. The van der Waals surface area contributed by atoms with E-state index in [0.717, 1.165) is 0 Å². The van der Waals surface area contributed by atoms with Gasteiger partial charge in [-0.3, -0.25) is 0 Å². The van der Waals surface area contributed by atoms with Crippen LogP contribution in [0.15, 0.2) is 24.3 Å². The van der Waals surface area contributed by atoms with Crippen molar-refractivity contribution >= 4 is 5.97 Å². The maximum absolute atomic E-state index is 14.1. The fraction of sp³-hybridized carbons (Fsp3) is 0.500. The quantitative estimate of drug-likeness (QED) is 0.805. The minimum Gasteiger partial charge on any atom is -0.497 e. The summed E-state index contributed by atoms with van der Waals surface area (Å²) in [5.41, 5.74) is -1.57. The van der Waals surface area contributed by atoms with E-state index in [1.165, 1.54) is 19.2 Å². The zero-order valence-electron chi connectivity index (χ0n) is 11.4. The molecule has 1 aromatic carbocycles. The van der Waals surface area contributed by atoms with Gasteiger partial charge in [0, 0.05) is 0 Å². The van der Waals surface area contributed by atoms with E-state index in [1.54, 1.807) is 26.0 Å². The van der Waals surface area contributed by atoms with E-state index < -0.39 is 17.7 Å². The summed E-state index contributed by atoms with van der Waals surface area (Å²) in [4.78, 5) is 11.5. The molecule has 1 N–H and O–H groups in total. The Morgan fingerprint density at radius 2 is 1.95 bits per heavy atom. The van der Waals surface area contributed by atoms with Gasteiger partial charge >= 0.3 is 5.97 Å². The molecule has 0 amide bonds. The van der Waals surface area contributed by atoms with Crippen molar-refractivity contribution in [3.8, 4) is 5.75 Å². The lowest BCUT2D eigenvalue weighted by Gasteiger charge is -2.29. The molecular formula is C14H19FO4. The van der Waals surface area contributed by atoms with Crippen LogP contribution in [0.25, 0.3) is 0 Å². The molecule has 0 spiro atoms. The number of rotatable bonds is 6. The Balaban J connectivity index is 3.03. The fourth-order valence-electron chi connectivity index (χ4n) is 1.82. The van der Waals surface area contributed by atoms with Crippen molar-refractivity contribution in [1.82, 2.24) is 0 Å². The monoisotopic (exact) mass is 270 g/mol. The molecule has 1 rings (SSSR count). The number of halogens is 1. The van der Waals surface area contributed by atoms with Crippen LogP contribution in [0, 0.1) is 0 Å². The summed E-state index contributed by atoms with van der Waals surface area (Å²) in [6.45, 7) is 3.26. The molecule has 0 saturated heterocycles. The molecule has 1 aromatic rings. The summed E-state index contributed by atoms with van der Waals surface area (Å²) in [6, 6.07) is 6.28. The number of carbonyl (C=O) groups excluding carboxylic acids is 1. The lowest BCUT2D eigenvalue weighted by molar-refractivity contribution is -0.162. The first kappa shape index (κ1) is 15.4. The van der Waals surface area contributed by atoms with Crippen LogP contribution < -0.4 is 4.74 Å². The van der Waals surface area contributed by atoms with Gasteiger partial charge in [-0.25, -0.2) is 9.18 Å². The Bertz CT molecular complexity index is 418. The molecule has 5 heteroatoms.